The summed E-state index contributed by atoms with van der Waals surface area (Å²) in [5.74, 6) is 1.97. The summed E-state index contributed by atoms with van der Waals surface area (Å²) in [6.07, 6.45) is 11.0. The van der Waals surface area contributed by atoms with Crippen LogP contribution in [-0.4, -0.2) is 60.2 Å². The second-order valence-electron chi connectivity index (χ2n) is 8.21. The summed E-state index contributed by atoms with van der Waals surface area (Å²) in [5, 5.41) is 0. The second kappa shape index (κ2) is 9.00. The van der Waals surface area contributed by atoms with Gasteiger partial charge in [0.15, 0.2) is 0 Å². The van der Waals surface area contributed by atoms with Crippen LogP contribution in [0.5, 0.6) is 0 Å². The number of ether oxygens (including phenoxy) is 1. The maximum atomic E-state index is 13.1. The zero-order valence-electron chi connectivity index (χ0n) is 16.3. The first-order valence-corrected chi connectivity index (χ1v) is 10.7. The molecule has 0 spiro atoms. The third-order valence-electron chi connectivity index (χ3n) is 6.36. The molecule has 1 atom stereocenters. The molecule has 0 radical (unpaired) electrons. The Morgan fingerprint density at radius 2 is 1.74 bits per heavy atom. The minimum atomic E-state index is 0.251. The molecule has 2 saturated heterocycles. The van der Waals surface area contributed by atoms with Gasteiger partial charge in [0.2, 0.25) is 5.91 Å². The van der Waals surface area contributed by atoms with Crippen LogP contribution >= 0.6 is 0 Å². The molecule has 3 fully saturated rings. The summed E-state index contributed by atoms with van der Waals surface area (Å²) in [7, 11) is 0. The summed E-state index contributed by atoms with van der Waals surface area (Å²) >= 11 is 0. The van der Waals surface area contributed by atoms with Crippen molar-refractivity contribution in [3.05, 3.63) is 18.1 Å². The van der Waals surface area contributed by atoms with E-state index in [0.29, 0.717) is 11.8 Å². The van der Waals surface area contributed by atoms with Crippen LogP contribution in [0.15, 0.2) is 12.4 Å². The monoisotopic (exact) mass is 372 g/mol. The highest BCUT2D eigenvalue weighted by Gasteiger charge is 2.30. The van der Waals surface area contributed by atoms with Crippen molar-refractivity contribution in [1.29, 1.82) is 0 Å². The van der Waals surface area contributed by atoms with Crippen LogP contribution in [0.4, 0.5) is 5.82 Å². The first-order chi connectivity index (χ1) is 13.3. The maximum absolute atomic E-state index is 13.1. The average Bonchev–Trinajstić information content (AvgIpc) is 3.04. The molecule has 148 valence electrons. The van der Waals surface area contributed by atoms with Crippen molar-refractivity contribution >= 4 is 11.7 Å². The Bertz CT molecular complexity index is 624. The Morgan fingerprint density at radius 1 is 0.963 bits per heavy atom. The smallest absolute Gasteiger partial charge is 0.225 e. The lowest BCUT2D eigenvalue weighted by molar-refractivity contribution is -0.137. The van der Waals surface area contributed by atoms with E-state index >= 15 is 0 Å². The van der Waals surface area contributed by atoms with E-state index in [4.69, 9.17) is 4.74 Å². The van der Waals surface area contributed by atoms with Gasteiger partial charge in [-0.1, -0.05) is 25.7 Å². The number of anilines is 1. The highest BCUT2D eigenvalue weighted by atomic mass is 16.5. The fraction of sp³-hybridized carbons (Fsp3) is 0.762. The Balaban J connectivity index is 1.42. The van der Waals surface area contributed by atoms with Crippen molar-refractivity contribution in [2.75, 3.05) is 44.3 Å². The molecule has 2 aliphatic heterocycles. The van der Waals surface area contributed by atoms with Gasteiger partial charge in [-0.05, 0) is 25.7 Å². The average molecular weight is 373 g/mol. The van der Waals surface area contributed by atoms with Crippen LogP contribution in [0.1, 0.15) is 63.0 Å². The Kier molecular flexibility index (Phi) is 6.22. The molecule has 3 aliphatic rings. The highest BCUT2D eigenvalue weighted by Crippen LogP contribution is 2.30. The third-order valence-corrected chi connectivity index (χ3v) is 6.36. The number of piperidine rings is 1. The summed E-state index contributed by atoms with van der Waals surface area (Å²) < 4.78 is 5.45. The predicted molar refractivity (Wildman–Crippen MR) is 105 cm³/mol. The SMILES string of the molecule is O=C(C1CCCCCC1)N1CCCC(c2cc(N3CCOCC3)ncn2)C1. The van der Waals surface area contributed by atoms with Gasteiger partial charge in [0.1, 0.15) is 12.1 Å². The fourth-order valence-electron chi connectivity index (χ4n) is 4.75. The predicted octanol–water partition coefficient (Wildman–Crippen LogP) is 2.99. The first-order valence-electron chi connectivity index (χ1n) is 10.7. The molecule has 0 aromatic carbocycles. The minimum Gasteiger partial charge on any atom is -0.378 e. The highest BCUT2D eigenvalue weighted by molar-refractivity contribution is 5.79. The van der Waals surface area contributed by atoms with Gasteiger partial charge < -0.3 is 14.5 Å². The number of morpholine rings is 1. The number of hydrogen-bond acceptors (Lipinski definition) is 5. The van der Waals surface area contributed by atoms with Gasteiger partial charge in [0.05, 0.1) is 18.9 Å². The lowest BCUT2D eigenvalue weighted by atomic mass is 9.92. The van der Waals surface area contributed by atoms with Gasteiger partial charge in [0, 0.05) is 44.1 Å². The van der Waals surface area contributed by atoms with Crippen molar-refractivity contribution in [3.8, 4) is 0 Å². The molecule has 3 heterocycles. The number of aromatic nitrogens is 2. The molecule has 0 bridgehead atoms. The van der Waals surface area contributed by atoms with Gasteiger partial charge >= 0.3 is 0 Å². The van der Waals surface area contributed by atoms with Crippen LogP contribution in [0, 0.1) is 5.92 Å². The van der Waals surface area contributed by atoms with E-state index < -0.39 is 0 Å². The number of carbonyl (C=O) groups excluding carboxylic acids is 1. The molecule has 6 nitrogen and oxygen atoms in total. The molecule has 1 aromatic rings. The van der Waals surface area contributed by atoms with Crippen molar-refractivity contribution in [2.24, 2.45) is 5.92 Å². The number of carbonyl (C=O) groups is 1. The van der Waals surface area contributed by atoms with Crippen molar-refractivity contribution in [1.82, 2.24) is 14.9 Å². The minimum absolute atomic E-state index is 0.251. The zero-order valence-corrected chi connectivity index (χ0v) is 16.3. The van der Waals surface area contributed by atoms with Crippen molar-refractivity contribution < 1.29 is 9.53 Å². The van der Waals surface area contributed by atoms with E-state index in [2.05, 4.69) is 25.8 Å². The van der Waals surface area contributed by atoms with E-state index in [1.165, 1.54) is 25.7 Å². The molecular weight excluding hydrogens is 340 g/mol. The Morgan fingerprint density at radius 3 is 2.52 bits per heavy atom. The zero-order chi connectivity index (χ0) is 18.5. The van der Waals surface area contributed by atoms with Gasteiger partial charge in [-0.15, -0.1) is 0 Å². The first kappa shape index (κ1) is 18.7. The molecule has 6 heteroatoms. The molecule has 1 unspecified atom stereocenters. The van der Waals surface area contributed by atoms with Crippen molar-refractivity contribution in [2.45, 2.75) is 57.3 Å². The summed E-state index contributed by atoms with van der Waals surface area (Å²) in [4.78, 5) is 26.5. The third kappa shape index (κ3) is 4.60. The molecule has 1 aliphatic carbocycles. The number of rotatable bonds is 3. The molecule has 1 amide bonds. The van der Waals surface area contributed by atoms with Gasteiger partial charge in [-0.25, -0.2) is 9.97 Å². The standard InChI is InChI=1S/C21H32N4O2/c26-21(17-6-3-1-2-4-7-17)25-9-5-8-18(15-25)19-14-20(23-16-22-19)24-10-12-27-13-11-24/h14,16-18H,1-13,15H2. The molecule has 4 rings (SSSR count). The molecular formula is C21H32N4O2. The fourth-order valence-corrected chi connectivity index (χ4v) is 4.75. The van der Waals surface area contributed by atoms with Crippen LogP contribution in [0.3, 0.4) is 0 Å². The largest absolute Gasteiger partial charge is 0.378 e. The maximum Gasteiger partial charge on any atom is 0.225 e. The van der Waals surface area contributed by atoms with E-state index in [1.54, 1.807) is 6.33 Å². The van der Waals surface area contributed by atoms with E-state index in [-0.39, 0.29) is 5.92 Å². The quantitative estimate of drug-likeness (QED) is 0.764. The molecule has 0 N–H and O–H groups in total. The van der Waals surface area contributed by atoms with Crippen molar-refractivity contribution in [3.63, 3.8) is 0 Å². The van der Waals surface area contributed by atoms with Gasteiger partial charge in [-0.3, -0.25) is 4.79 Å². The summed E-state index contributed by atoms with van der Waals surface area (Å²) in [5.41, 5.74) is 1.09. The number of amides is 1. The second-order valence-corrected chi connectivity index (χ2v) is 8.21. The number of likely N-dealkylation sites (tertiary alicyclic amines) is 1. The number of nitrogens with zero attached hydrogens (tertiary/aromatic N) is 4. The molecule has 1 saturated carbocycles. The molecule has 27 heavy (non-hydrogen) atoms. The van der Waals surface area contributed by atoms with E-state index in [1.807, 2.05) is 0 Å². The lowest BCUT2D eigenvalue weighted by Gasteiger charge is -2.35. The van der Waals surface area contributed by atoms with Crippen LogP contribution in [0.25, 0.3) is 0 Å². The van der Waals surface area contributed by atoms with Gasteiger partial charge in [-0.2, -0.15) is 0 Å². The van der Waals surface area contributed by atoms with E-state index in [0.717, 1.165) is 76.6 Å². The summed E-state index contributed by atoms with van der Waals surface area (Å²) in [6, 6.07) is 2.13. The van der Waals surface area contributed by atoms with Gasteiger partial charge in [0.25, 0.3) is 0 Å². The summed E-state index contributed by atoms with van der Waals surface area (Å²) in [6.45, 7) is 5.00. The lowest BCUT2D eigenvalue weighted by Crippen LogP contribution is -2.42. The Labute approximate surface area is 162 Å². The number of hydrogen-bond donors (Lipinski definition) is 0. The van der Waals surface area contributed by atoms with Crippen LogP contribution in [0.2, 0.25) is 0 Å². The van der Waals surface area contributed by atoms with E-state index in [9.17, 15) is 4.79 Å². The molecule has 1 aromatic heterocycles. The topological polar surface area (TPSA) is 58.6 Å². The normalized spacial score (nSPS) is 25.3. The Hall–Kier alpha value is -1.69. The van der Waals surface area contributed by atoms with Crippen LogP contribution < -0.4 is 4.90 Å². The van der Waals surface area contributed by atoms with Crippen LogP contribution in [-0.2, 0) is 9.53 Å².